The van der Waals surface area contributed by atoms with Gasteiger partial charge < -0.3 is 9.67 Å². The highest BCUT2D eigenvalue weighted by Gasteiger charge is 2.23. The maximum atomic E-state index is 11.4. The van der Waals surface area contributed by atoms with E-state index in [1.165, 1.54) is 0 Å². The Morgan fingerprint density at radius 3 is 2.79 bits per heavy atom. The van der Waals surface area contributed by atoms with Crippen LogP contribution in [0.3, 0.4) is 0 Å². The van der Waals surface area contributed by atoms with E-state index in [4.69, 9.17) is 0 Å². The molecule has 19 heavy (non-hydrogen) atoms. The first-order valence-corrected chi connectivity index (χ1v) is 6.89. The third kappa shape index (κ3) is 2.42. The van der Waals surface area contributed by atoms with Crippen molar-refractivity contribution in [3.8, 4) is 11.3 Å². The lowest BCUT2D eigenvalue weighted by molar-refractivity contribution is 0.0695. The molecule has 2 aromatic rings. The summed E-state index contributed by atoms with van der Waals surface area (Å²) in [5.74, 6) is -0.913. The number of hydrogen-bond acceptors (Lipinski definition) is 2. The highest BCUT2D eigenvalue weighted by molar-refractivity contribution is 9.10. The summed E-state index contributed by atoms with van der Waals surface area (Å²) in [4.78, 5) is 15.5. The third-order valence-electron chi connectivity index (χ3n) is 3.06. The summed E-state index contributed by atoms with van der Waals surface area (Å²) < 4.78 is 2.66. The van der Waals surface area contributed by atoms with Crippen LogP contribution in [0.5, 0.6) is 0 Å². The predicted molar refractivity (Wildman–Crippen MR) is 77.4 cm³/mol. The second-order valence-corrected chi connectivity index (χ2v) is 5.11. The van der Waals surface area contributed by atoms with Gasteiger partial charge in [0.2, 0.25) is 0 Å². The molecule has 0 amide bonds. The molecule has 0 fully saturated rings. The van der Waals surface area contributed by atoms with Crippen LogP contribution in [0.2, 0.25) is 0 Å². The average Bonchev–Trinajstić information content (AvgIpc) is 2.63. The Morgan fingerprint density at radius 1 is 1.53 bits per heavy atom. The molecule has 2 rings (SSSR count). The zero-order valence-electron chi connectivity index (χ0n) is 10.9. The summed E-state index contributed by atoms with van der Waals surface area (Å²) in [6.45, 7) is 4.69. The van der Waals surface area contributed by atoms with E-state index in [0.29, 0.717) is 10.0 Å². The molecule has 0 unspecified atom stereocenters. The highest BCUT2D eigenvalue weighted by atomic mass is 79.9. The molecule has 0 atom stereocenters. The zero-order valence-corrected chi connectivity index (χ0v) is 12.4. The van der Waals surface area contributed by atoms with Gasteiger partial charge in [0.25, 0.3) is 0 Å². The quantitative estimate of drug-likeness (QED) is 0.933. The van der Waals surface area contributed by atoms with Gasteiger partial charge in [-0.3, -0.25) is 4.98 Å². The lowest BCUT2D eigenvalue weighted by Gasteiger charge is -2.10. The minimum absolute atomic E-state index is 0.326. The number of nitrogens with zero attached hydrogens (tertiary/aromatic N) is 2. The molecule has 0 aliphatic rings. The van der Waals surface area contributed by atoms with Gasteiger partial charge in [-0.25, -0.2) is 4.79 Å². The van der Waals surface area contributed by atoms with Gasteiger partial charge in [0.1, 0.15) is 0 Å². The van der Waals surface area contributed by atoms with Crippen LogP contribution in [0.15, 0.2) is 29.0 Å². The van der Waals surface area contributed by atoms with Gasteiger partial charge in [-0.2, -0.15) is 0 Å². The number of halogens is 1. The van der Waals surface area contributed by atoms with Gasteiger partial charge in [-0.15, -0.1) is 0 Å². The minimum atomic E-state index is -0.913. The van der Waals surface area contributed by atoms with Crippen molar-refractivity contribution in [1.29, 1.82) is 0 Å². The van der Waals surface area contributed by atoms with Crippen molar-refractivity contribution >= 4 is 21.9 Å². The predicted octanol–water partition coefficient (Wildman–Crippen LogP) is 3.73. The molecule has 0 spiro atoms. The molecule has 5 heteroatoms. The summed E-state index contributed by atoms with van der Waals surface area (Å²) >= 11 is 3.43. The van der Waals surface area contributed by atoms with E-state index in [2.05, 4.69) is 27.8 Å². The van der Waals surface area contributed by atoms with E-state index in [9.17, 15) is 9.90 Å². The van der Waals surface area contributed by atoms with Crippen LogP contribution in [0.1, 0.15) is 29.4 Å². The fourth-order valence-electron chi connectivity index (χ4n) is 2.24. The molecule has 0 saturated carbocycles. The monoisotopic (exact) mass is 322 g/mol. The van der Waals surface area contributed by atoms with Crippen molar-refractivity contribution in [2.45, 2.75) is 26.8 Å². The molecular weight excluding hydrogens is 308 g/mol. The number of carbonyl (C=O) groups is 1. The molecule has 0 saturated heterocycles. The highest BCUT2D eigenvalue weighted by Crippen LogP contribution is 2.35. The maximum absolute atomic E-state index is 11.4. The fourth-order valence-corrected chi connectivity index (χ4v) is 3.13. The largest absolute Gasteiger partial charge is 0.478 e. The number of aromatic nitrogens is 2. The molecule has 4 nitrogen and oxygen atoms in total. The zero-order chi connectivity index (χ0) is 14.0. The Kier molecular flexibility index (Phi) is 4.04. The lowest BCUT2D eigenvalue weighted by atomic mass is 10.2. The minimum Gasteiger partial charge on any atom is -0.478 e. The van der Waals surface area contributed by atoms with Gasteiger partial charge in [0.15, 0.2) is 0 Å². The summed E-state index contributed by atoms with van der Waals surface area (Å²) in [7, 11) is 0. The number of rotatable bonds is 4. The molecule has 2 heterocycles. The SMILES string of the molecule is CCCn1c(C)c(C(=O)O)c(Br)c1-c1cccnc1. The molecule has 2 aromatic heterocycles. The Morgan fingerprint density at radius 2 is 2.26 bits per heavy atom. The first kappa shape index (κ1) is 13.8. The van der Waals surface area contributed by atoms with E-state index in [1.54, 1.807) is 12.4 Å². The standard InChI is InChI=1S/C14H15BrN2O2/c1-3-7-17-9(2)11(14(18)19)12(15)13(17)10-5-4-6-16-8-10/h4-6,8H,3,7H2,1-2H3,(H,18,19). The number of carboxylic acid groups (broad SMARTS) is 1. The summed E-state index contributed by atoms with van der Waals surface area (Å²) in [6.07, 6.45) is 4.39. The van der Waals surface area contributed by atoms with Gasteiger partial charge in [0.05, 0.1) is 15.7 Å². The Hall–Kier alpha value is -1.62. The van der Waals surface area contributed by atoms with E-state index in [1.807, 2.05) is 23.6 Å². The summed E-state index contributed by atoms with van der Waals surface area (Å²) in [5, 5.41) is 9.34. The number of carboxylic acids is 1. The average molecular weight is 323 g/mol. The van der Waals surface area contributed by atoms with Crippen molar-refractivity contribution in [2.75, 3.05) is 0 Å². The van der Waals surface area contributed by atoms with Crippen molar-refractivity contribution < 1.29 is 9.90 Å². The number of hydrogen-bond donors (Lipinski definition) is 1. The van der Waals surface area contributed by atoms with Crippen molar-refractivity contribution in [3.63, 3.8) is 0 Å². The second-order valence-electron chi connectivity index (χ2n) is 4.32. The van der Waals surface area contributed by atoms with E-state index >= 15 is 0 Å². The number of pyridine rings is 1. The second kappa shape index (κ2) is 5.57. The summed E-state index contributed by atoms with van der Waals surface area (Å²) in [5.41, 5.74) is 2.88. The molecule has 0 aromatic carbocycles. The van der Waals surface area contributed by atoms with Crippen LogP contribution < -0.4 is 0 Å². The van der Waals surface area contributed by atoms with Gasteiger partial charge in [0, 0.05) is 30.2 Å². The molecule has 1 N–H and O–H groups in total. The number of aromatic carboxylic acids is 1. The maximum Gasteiger partial charge on any atom is 0.338 e. The van der Waals surface area contributed by atoms with E-state index in [-0.39, 0.29) is 0 Å². The smallest absolute Gasteiger partial charge is 0.338 e. The van der Waals surface area contributed by atoms with Crippen LogP contribution in [-0.2, 0) is 6.54 Å². The van der Waals surface area contributed by atoms with E-state index < -0.39 is 5.97 Å². The van der Waals surface area contributed by atoms with Crippen molar-refractivity contribution in [1.82, 2.24) is 9.55 Å². The Balaban J connectivity index is 2.72. The van der Waals surface area contributed by atoms with Crippen LogP contribution in [0, 0.1) is 6.92 Å². The van der Waals surface area contributed by atoms with E-state index in [0.717, 1.165) is 29.9 Å². The first-order valence-electron chi connectivity index (χ1n) is 6.10. The Bertz CT molecular complexity index is 606. The van der Waals surface area contributed by atoms with Gasteiger partial charge in [-0.1, -0.05) is 6.92 Å². The molecule has 0 radical (unpaired) electrons. The Labute approximate surface area is 120 Å². The van der Waals surface area contributed by atoms with Crippen molar-refractivity contribution in [2.24, 2.45) is 0 Å². The van der Waals surface area contributed by atoms with Crippen LogP contribution in [-0.4, -0.2) is 20.6 Å². The van der Waals surface area contributed by atoms with Gasteiger partial charge in [-0.05, 0) is 41.4 Å². The van der Waals surface area contributed by atoms with Crippen LogP contribution in [0.4, 0.5) is 0 Å². The molecule has 0 bridgehead atoms. The van der Waals surface area contributed by atoms with Crippen LogP contribution >= 0.6 is 15.9 Å². The van der Waals surface area contributed by atoms with Gasteiger partial charge >= 0.3 is 5.97 Å². The molecule has 0 aliphatic heterocycles. The first-order chi connectivity index (χ1) is 9.07. The lowest BCUT2D eigenvalue weighted by Crippen LogP contribution is -2.04. The molecule has 0 aliphatic carbocycles. The summed E-state index contributed by atoms with van der Waals surface area (Å²) in [6, 6.07) is 3.78. The fraction of sp³-hybridized carbons (Fsp3) is 0.286. The topological polar surface area (TPSA) is 55.1 Å². The van der Waals surface area contributed by atoms with Crippen LogP contribution in [0.25, 0.3) is 11.3 Å². The third-order valence-corrected chi connectivity index (χ3v) is 3.83. The molecular formula is C14H15BrN2O2. The van der Waals surface area contributed by atoms with Crippen molar-refractivity contribution in [3.05, 3.63) is 40.3 Å². The normalized spacial score (nSPS) is 10.7. The molecule has 100 valence electrons.